The van der Waals surface area contributed by atoms with E-state index >= 15 is 0 Å². The molecule has 4 aromatic rings. The van der Waals surface area contributed by atoms with E-state index in [1.54, 1.807) is 13.3 Å². The first-order valence-corrected chi connectivity index (χ1v) is 14.1. The lowest BCUT2D eigenvalue weighted by atomic mass is 10.1. The first-order chi connectivity index (χ1) is 14.3. The zero-order valence-corrected chi connectivity index (χ0v) is 19.8. The third-order valence-electron chi connectivity index (χ3n) is 5.34. The Labute approximate surface area is 182 Å². The molecule has 30 heavy (non-hydrogen) atoms. The highest BCUT2D eigenvalue weighted by Crippen LogP contribution is 2.36. The number of hydrogen-bond donors (Lipinski definition) is 0. The molecular formula is C22H27ClN4O2Si. The summed E-state index contributed by atoms with van der Waals surface area (Å²) in [5.74, 6) is 0.788. The molecule has 0 aliphatic rings. The van der Waals surface area contributed by atoms with Gasteiger partial charge in [-0.3, -0.25) is 0 Å². The van der Waals surface area contributed by atoms with Gasteiger partial charge < -0.3 is 18.6 Å². The Morgan fingerprint density at radius 1 is 1.07 bits per heavy atom. The highest BCUT2D eigenvalue weighted by Gasteiger charge is 2.17. The van der Waals surface area contributed by atoms with Crippen LogP contribution in [0.2, 0.25) is 30.8 Å². The molecule has 1 aromatic carbocycles. The molecule has 0 N–H and O–H groups in total. The number of hydrogen-bond acceptors (Lipinski definition) is 4. The summed E-state index contributed by atoms with van der Waals surface area (Å²) in [4.78, 5) is 8.81. The quantitative estimate of drug-likeness (QED) is 0.213. The zero-order valence-electron chi connectivity index (χ0n) is 18.1. The molecule has 0 amide bonds. The van der Waals surface area contributed by atoms with Gasteiger partial charge in [-0.2, -0.15) is 0 Å². The predicted octanol–water partition coefficient (Wildman–Crippen LogP) is 5.56. The van der Waals surface area contributed by atoms with Crippen LogP contribution in [-0.2, 0) is 18.5 Å². The molecule has 0 aliphatic carbocycles. The molecule has 6 nitrogen and oxygen atoms in total. The summed E-state index contributed by atoms with van der Waals surface area (Å²) in [6.45, 7) is 8.32. The molecule has 0 bridgehead atoms. The van der Waals surface area contributed by atoms with Crippen LogP contribution >= 0.6 is 11.6 Å². The summed E-state index contributed by atoms with van der Waals surface area (Å²) in [5.41, 5.74) is 4.91. The second kappa shape index (κ2) is 8.06. The lowest BCUT2D eigenvalue weighted by Gasteiger charge is -2.16. The number of ether oxygens (including phenoxy) is 2. The molecular weight excluding hydrogens is 416 g/mol. The number of rotatable bonds is 7. The van der Waals surface area contributed by atoms with E-state index in [9.17, 15) is 0 Å². The molecule has 0 saturated carbocycles. The van der Waals surface area contributed by atoms with Crippen LogP contribution in [0.3, 0.4) is 0 Å². The molecule has 0 atom stereocenters. The summed E-state index contributed by atoms with van der Waals surface area (Å²) >= 11 is 6.08. The lowest BCUT2D eigenvalue weighted by Crippen LogP contribution is -2.21. The largest absolute Gasteiger partial charge is 0.496 e. The van der Waals surface area contributed by atoms with E-state index in [4.69, 9.17) is 21.1 Å². The van der Waals surface area contributed by atoms with Gasteiger partial charge in [-0.15, -0.1) is 0 Å². The number of imidazole rings is 1. The zero-order chi connectivity index (χ0) is 21.5. The Bertz CT molecular complexity index is 1210. The van der Waals surface area contributed by atoms with Gasteiger partial charge in [0.1, 0.15) is 17.6 Å². The molecule has 0 fully saturated rings. The van der Waals surface area contributed by atoms with Crippen molar-refractivity contribution in [1.29, 1.82) is 0 Å². The van der Waals surface area contributed by atoms with Crippen LogP contribution in [0, 0.1) is 0 Å². The van der Waals surface area contributed by atoms with E-state index in [-0.39, 0.29) is 0 Å². The molecule has 158 valence electrons. The monoisotopic (exact) mass is 442 g/mol. The molecule has 0 unspecified atom stereocenters. The van der Waals surface area contributed by atoms with Gasteiger partial charge in [0.05, 0.1) is 41.9 Å². The smallest absolute Gasteiger partial charge is 0.130 e. The van der Waals surface area contributed by atoms with Crippen LogP contribution in [0.15, 0.2) is 36.8 Å². The lowest BCUT2D eigenvalue weighted by molar-refractivity contribution is 0.0898. The van der Waals surface area contributed by atoms with Gasteiger partial charge in [0.2, 0.25) is 0 Å². The topological polar surface area (TPSA) is 54.1 Å². The highest BCUT2D eigenvalue weighted by molar-refractivity contribution is 6.76. The normalized spacial score (nSPS) is 12.2. The summed E-state index contributed by atoms with van der Waals surface area (Å²) in [7, 11) is 2.61. The Kier molecular flexibility index (Phi) is 5.61. The molecule has 0 spiro atoms. The number of halogens is 1. The first-order valence-electron chi connectivity index (χ1n) is 9.99. The average Bonchev–Trinajstić information content (AvgIpc) is 3.23. The summed E-state index contributed by atoms with van der Waals surface area (Å²) in [5, 5.41) is 1.52. The second-order valence-electron chi connectivity index (χ2n) is 8.76. The predicted molar refractivity (Wildman–Crippen MR) is 125 cm³/mol. The van der Waals surface area contributed by atoms with Crippen molar-refractivity contribution >= 4 is 41.6 Å². The van der Waals surface area contributed by atoms with E-state index in [1.807, 2.05) is 30.1 Å². The van der Waals surface area contributed by atoms with E-state index in [1.165, 1.54) is 0 Å². The fraction of sp³-hybridized carbons (Fsp3) is 0.364. The fourth-order valence-corrected chi connectivity index (χ4v) is 4.49. The number of fused-ring (bicyclic) bond motifs is 2. The van der Waals surface area contributed by atoms with E-state index in [0.29, 0.717) is 11.9 Å². The van der Waals surface area contributed by atoms with Gasteiger partial charge in [0, 0.05) is 38.7 Å². The Morgan fingerprint density at radius 3 is 2.60 bits per heavy atom. The number of nitrogens with zero attached hydrogens (tertiary/aromatic N) is 4. The van der Waals surface area contributed by atoms with Gasteiger partial charge in [-0.1, -0.05) is 31.2 Å². The van der Waals surface area contributed by atoms with Crippen molar-refractivity contribution in [3.05, 3.63) is 41.9 Å². The van der Waals surface area contributed by atoms with Crippen molar-refractivity contribution in [2.75, 3.05) is 13.7 Å². The standard InChI is InChI=1S/C22H27ClN4O2Si/c1-26-18(8-15-9-22(23)24-12-20(15)26)16-10-17-19(11-21(16)28-2)27(13-25-17)14-29-6-7-30(3,4)5/h8-13H,6-7,14H2,1-5H3. The molecule has 0 radical (unpaired) electrons. The molecule has 3 heterocycles. The van der Waals surface area contributed by atoms with Crippen LogP contribution in [-0.4, -0.2) is 40.9 Å². The summed E-state index contributed by atoms with van der Waals surface area (Å²) in [6.07, 6.45) is 3.62. The maximum absolute atomic E-state index is 6.08. The first kappa shape index (κ1) is 20.9. The Morgan fingerprint density at radius 2 is 1.87 bits per heavy atom. The van der Waals surface area contributed by atoms with Crippen LogP contribution < -0.4 is 4.74 Å². The van der Waals surface area contributed by atoms with Crippen LogP contribution in [0.5, 0.6) is 5.75 Å². The Hall–Kier alpha value is -2.35. The minimum atomic E-state index is -1.10. The van der Waals surface area contributed by atoms with Gasteiger partial charge in [-0.25, -0.2) is 9.97 Å². The van der Waals surface area contributed by atoms with Gasteiger partial charge in [0.25, 0.3) is 0 Å². The van der Waals surface area contributed by atoms with Crippen LogP contribution in [0.4, 0.5) is 0 Å². The number of pyridine rings is 1. The van der Waals surface area contributed by atoms with Crippen molar-refractivity contribution in [3.8, 4) is 17.0 Å². The molecule has 0 saturated heterocycles. The van der Waals surface area contributed by atoms with E-state index < -0.39 is 8.07 Å². The number of aromatic nitrogens is 4. The average molecular weight is 443 g/mol. The van der Waals surface area contributed by atoms with Crippen molar-refractivity contribution < 1.29 is 9.47 Å². The van der Waals surface area contributed by atoms with Crippen molar-refractivity contribution in [2.24, 2.45) is 7.05 Å². The highest BCUT2D eigenvalue weighted by atomic mass is 35.5. The number of methoxy groups -OCH3 is 1. The SMILES string of the molecule is COc1cc2c(cc1-c1cc3cc(Cl)ncc3n1C)ncn2COCC[Si](C)(C)C. The Balaban J connectivity index is 1.68. The van der Waals surface area contributed by atoms with E-state index in [2.05, 4.69) is 46.3 Å². The van der Waals surface area contributed by atoms with Crippen molar-refractivity contribution in [1.82, 2.24) is 19.1 Å². The van der Waals surface area contributed by atoms with Crippen molar-refractivity contribution in [2.45, 2.75) is 32.4 Å². The third kappa shape index (κ3) is 4.10. The second-order valence-corrected chi connectivity index (χ2v) is 14.8. The maximum Gasteiger partial charge on any atom is 0.130 e. The molecule has 0 aliphatic heterocycles. The summed E-state index contributed by atoms with van der Waals surface area (Å²) in [6, 6.07) is 9.21. The molecule has 4 rings (SSSR count). The third-order valence-corrected chi connectivity index (χ3v) is 7.25. The minimum Gasteiger partial charge on any atom is -0.496 e. The minimum absolute atomic E-state index is 0.481. The number of aryl methyl sites for hydroxylation is 1. The van der Waals surface area contributed by atoms with Gasteiger partial charge in [0.15, 0.2) is 0 Å². The van der Waals surface area contributed by atoms with Gasteiger partial charge in [-0.05, 0) is 24.2 Å². The van der Waals surface area contributed by atoms with E-state index in [0.717, 1.165) is 51.6 Å². The summed E-state index contributed by atoms with van der Waals surface area (Å²) < 4.78 is 15.8. The molecule has 8 heteroatoms. The van der Waals surface area contributed by atoms with Crippen LogP contribution in [0.25, 0.3) is 33.2 Å². The van der Waals surface area contributed by atoms with Gasteiger partial charge >= 0.3 is 0 Å². The maximum atomic E-state index is 6.08. The fourth-order valence-electron chi connectivity index (χ4n) is 3.56. The van der Waals surface area contributed by atoms with Crippen molar-refractivity contribution in [3.63, 3.8) is 0 Å². The van der Waals surface area contributed by atoms with Crippen LogP contribution in [0.1, 0.15) is 0 Å². The molecule has 3 aromatic heterocycles. The number of benzene rings is 1.